The number of benzene rings is 1. The fourth-order valence-electron chi connectivity index (χ4n) is 2.80. The van der Waals surface area contributed by atoms with E-state index in [4.69, 9.17) is 4.74 Å². The lowest BCUT2D eigenvalue weighted by Gasteiger charge is -2.11. The van der Waals surface area contributed by atoms with Crippen LogP contribution in [0.25, 0.3) is 0 Å². The zero-order valence-corrected chi connectivity index (χ0v) is 15.1. The van der Waals surface area contributed by atoms with Gasteiger partial charge in [-0.25, -0.2) is 4.79 Å². The monoisotopic (exact) mass is 372 g/mol. The van der Waals surface area contributed by atoms with Crippen LogP contribution in [-0.2, 0) is 11.3 Å². The van der Waals surface area contributed by atoms with Gasteiger partial charge in [-0.1, -0.05) is 0 Å². The van der Waals surface area contributed by atoms with Gasteiger partial charge in [0, 0.05) is 37.5 Å². The molecule has 9 heteroatoms. The Balaban J connectivity index is 1.36. The second kappa shape index (κ2) is 9.67. The smallest absolute Gasteiger partial charge is 0.319 e. The third-order valence-electron chi connectivity index (χ3n) is 4.26. The van der Waals surface area contributed by atoms with E-state index < -0.39 is 0 Å². The lowest BCUT2D eigenvalue weighted by molar-refractivity contribution is 0.0858. The van der Waals surface area contributed by atoms with E-state index in [1.54, 1.807) is 36.9 Å². The molecule has 2 aromatic rings. The van der Waals surface area contributed by atoms with Gasteiger partial charge in [0.1, 0.15) is 12.7 Å². The van der Waals surface area contributed by atoms with Crippen LogP contribution in [0, 0.1) is 0 Å². The van der Waals surface area contributed by atoms with E-state index in [0.29, 0.717) is 24.3 Å². The minimum Gasteiger partial charge on any atom is -0.376 e. The van der Waals surface area contributed by atoms with Crippen LogP contribution < -0.4 is 16.0 Å². The summed E-state index contributed by atoms with van der Waals surface area (Å²) in [4.78, 5) is 24.0. The van der Waals surface area contributed by atoms with Crippen molar-refractivity contribution in [3.63, 3.8) is 0 Å². The Hall–Kier alpha value is -2.94. The number of ether oxygens (including phenoxy) is 1. The van der Waals surface area contributed by atoms with Gasteiger partial charge in [-0.15, -0.1) is 10.2 Å². The molecule has 1 unspecified atom stereocenters. The molecule has 0 aliphatic carbocycles. The lowest BCUT2D eigenvalue weighted by atomic mass is 10.2. The van der Waals surface area contributed by atoms with Crippen molar-refractivity contribution in [2.45, 2.75) is 31.9 Å². The van der Waals surface area contributed by atoms with Crippen molar-refractivity contribution in [1.29, 1.82) is 0 Å². The van der Waals surface area contributed by atoms with Crippen LogP contribution in [0.1, 0.15) is 29.6 Å². The summed E-state index contributed by atoms with van der Waals surface area (Å²) in [5.74, 6) is -0.143. The first-order valence-corrected chi connectivity index (χ1v) is 9.08. The number of nitrogens with zero attached hydrogens (tertiary/aromatic N) is 3. The second-order valence-electron chi connectivity index (χ2n) is 6.36. The standard InChI is InChI=1S/C18H24N6O3/c25-17(20-11-16-3-1-10-27-16)14-4-6-15(7-5-14)23-18(26)19-8-2-9-24-12-21-22-13-24/h4-7,12-13,16H,1-3,8-11H2,(H,20,25)(H2,19,23,26). The summed E-state index contributed by atoms with van der Waals surface area (Å²) in [5.41, 5.74) is 1.18. The minimum absolute atomic E-state index is 0.114. The summed E-state index contributed by atoms with van der Waals surface area (Å²) in [6.07, 6.45) is 6.19. The number of hydrogen-bond donors (Lipinski definition) is 3. The van der Waals surface area contributed by atoms with E-state index in [9.17, 15) is 9.59 Å². The van der Waals surface area contributed by atoms with Crippen molar-refractivity contribution >= 4 is 17.6 Å². The average molecular weight is 372 g/mol. The zero-order valence-electron chi connectivity index (χ0n) is 15.1. The van der Waals surface area contributed by atoms with Gasteiger partial charge in [0.15, 0.2) is 0 Å². The van der Waals surface area contributed by atoms with Gasteiger partial charge < -0.3 is 25.3 Å². The summed E-state index contributed by atoms with van der Waals surface area (Å²) in [6.45, 7) is 2.57. The Kier molecular flexibility index (Phi) is 6.75. The van der Waals surface area contributed by atoms with Gasteiger partial charge in [0.25, 0.3) is 5.91 Å². The number of amides is 3. The molecule has 1 aromatic heterocycles. The Bertz CT molecular complexity index is 726. The van der Waals surface area contributed by atoms with E-state index >= 15 is 0 Å². The number of nitrogens with one attached hydrogen (secondary N) is 3. The maximum Gasteiger partial charge on any atom is 0.319 e. The predicted octanol–water partition coefficient (Wildman–Crippen LogP) is 1.40. The molecule has 3 amide bonds. The summed E-state index contributed by atoms with van der Waals surface area (Å²) >= 11 is 0. The first kappa shape index (κ1) is 18.8. The number of hydrogen-bond acceptors (Lipinski definition) is 5. The Morgan fingerprint density at radius 3 is 2.63 bits per heavy atom. The highest BCUT2D eigenvalue weighted by Gasteiger charge is 2.16. The summed E-state index contributed by atoms with van der Waals surface area (Å²) in [7, 11) is 0. The number of carbonyl (C=O) groups excluding carboxylic acids is 2. The van der Waals surface area contributed by atoms with Gasteiger partial charge in [-0.05, 0) is 43.5 Å². The molecule has 0 saturated carbocycles. The molecule has 1 saturated heterocycles. The van der Waals surface area contributed by atoms with Crippen molar-refractivity contribution in [3.8, 4) is 0 Å². The SMILES string of the molecule is O=C(NCCCn1cnnc1)Nc1ccc(C(=O)NCC2CCCO2)cc1. The Morgan fingerprint density at radius 2 is 1.93 bits per heavy atom. The molecule has 1 atom stereocenters. The van der Waals surface area contributed by atoms with Gasteiger partial charge in [0.05, 0.1) is 6.10 Å². The predicted molar refractivity (Wildman–Crippen MR) is 99.4 cm³/mol. The molecule has 0 bridgehead atoms. The van der Waals surface area contributed by atoms with Crippen LogP contribution >= 0.6 is 0 Å². The molecule has 0 spiro atoms. The molecule has 1 aliphatic heterocycles. The summed E-state index contributed by atoms with van der Waals surface area (Å²) < 4.78 is 7.34. The molecule has 2 heterocycles. The molecule has 144 valence electrons. The maximum absolute atomic E-state index is 12.1. The molecular formula is C18H24N6O3. The van der Waals surface area contributed by atoms with Crippen LogP contribution in [0.3, 0.4) is 0 Å². The van der Waals surface area contributed by atoms with Gasteiger partial charge in [-0.3, -0.25) is 4.79 Å². The number of carbonyl (C=O) groups is 2. The van der Waals surface area contributed by atoms with Crippen molar-refractivity contribution in [2.75, 3.05) is 25.0 Å². The molecule has 9 nitrogen and oxygen atoms in total. The number of rotatable bonds is 8. The molecule has 1 fully saturated rings. The van der Waals surface area contributed by atoms with E-state index in [-0.39, 0.29) is 18.0 Å². The van der Waals surface area contributed by atoms with E-state index in [0.717, 1.165) is 32.4 Å². The quantitative estimate of drug-likeness (QED) is 0.607. The summed E-state index contributed by atoms with van der Waals surface area (Å²) in [6, 6.07) is 6.50. The fourth-order valence-corrected chi connectivity index (χ4v) is 2.80. The van der Waals surface area contributed by atoms with Crippen molar-refractivity contribution in [2.24, 2.45) is 0 Å². The summed E-state index contributed by atoms with van der Waals surface area (Å²) in [5, 5.41) is 15.8. The van der Waals surface area contributed by atoms with E-state index in [2.05, 4.69) is 26.1 Å². The number of aryl methyl sites for hydroxylation is 1. The molecular weight excluding hydrogens is 348 g/mol. The number of urea groups is 1. The normalized spacial score (nSPS) is 16.1. The van der Waals surface area contributed by atoms with Crippen molar-refractivity contribution in [3.05, 3.63) is 42.5 Å². The average Bonchev–Trinajstić information content (AvgIpc) is 3.38. The van der Waals surface area contributed by atoms with Crippen molar-refractivity contribution in [1.82, 2.24) is 25.4 Å². The molecule has 3 rings (SSSR count). The van der Waals surface area contributed by atoms with Crippen LogP contribution in [0.5, 0.6) is 0 Å². The molecule has 3 N–H and O–H groups in total. The van der Waals surface area contributed by atoms with Crippen molar-refractivity contribution < 1.29 is 14.3 Å². The topological polar surface area (TPSA) is 110 Å². The molecule has 1 aliphatic rings. The highest BCUT2D eigenvalue weighted by atomic mass is 16.5. The van der Waals surface area contributed by atoms with Gasteiger partial charge in [-0.2, -0.15) is 0 Å². The lowest BCUT2D eigenvalue weighted by Crippen LogP contribution is -2.32. The fraction of sp³-hybridized carbons (Fsp3) is 0.444. The minimum atomic E-state index is -0.283. The molecule has 27 heavy (non-hydrogen) atoms. The Labute approximate surface area is 157 Å². The third-order valence-corrected chi connectivity index (χ3v) is 4.26. The molecule has 1 aromatic carbocycles. The molecule has 0 radical (unpaired) electrons. The van der Waals surface area contributed by atoms with Crippen LogP contribution in [0.15, 0.2) is 36.9 Å². The highest BCUT2D eigenvalue weighted by Crippen LogP contribution is 2.12. The number of anilines is 1. The zero-order chi connectivity index (χ0) is 18.9. The first-order chi connectivity index (χ1) is 13.2. The van der Waals surface area contributed by atoms with E-state index in [1.807, 2.05) is 4.57 Å². The highest BCUT2D eigenvalue weighted by molar-refractivity contribution is 5.95. The van der Waals surface area contributed by atoms with Gasteiger partial charge in [0.2, 0.25) is 0 Å². The van der Waals surface area contributed by atoms with Crippen LogP contribution in [-0.4, -0.2) is 52.5 Å². The van der Waals surface area contributed by atoms with Crippen LogP contribution in [0.2, 0.25) is 0 Å². The largest absolute Gasteiger partial charge is 0.376 e. The second-order valence-corrected chi connectivity index (χ2v) is 6.36. The van der Waals surface area contributed by atoms with E-state index in [1.165, 1.54) is 0 Å². The Morgan fingerprint density at radius 1 is 1.15 bits per heavy atom. The van der Waals surface area contributed by atoms with Crippen LogP contribution in [0.4, 0.5) is 10.5 Å². The first-order valence-electron chi connectivity index (χ1n) is 9.08. The van der Waals surface area contributed by atoms with Gasteiger partial charge >= 0.3 is 6.03 Å². The maximum atomic E-state index is 12.1. The number of aromatic nitrogens is 3. The third kappa shape index (κ3) is 6.07.